The molecule has 0 aliphatic heterocycles. The average molecular weight is 750 g/mol. The van der Waals surface area contributed by atoms with Crippen LogP contribution in [0, 0.1) is 0 Å². The summed E-state index contributed by atoms with van der Waals surface area (Å²) in [7, 11) is 0. The lowest BCUT2D eigenvalue weighted by Gasteiger charge is -2.15. The Morgan fingerprint density at radius 2 is 1.17 bits per heavy atom. The molecule has 10 N–H and O–H groups in total. The Balaban J connectivity index is 0.00000867. The lowest BCUT2D eigenvalue weighted by Crippen LogP contribution is -2.48. The molecule has 52 heavy (non-hydrogen) atoms. The second-order valence-electron chi connectivity index (χ2n) is 12.6. The maximum Gasteiger partial charge on any atom is 0.407 e. The quantitative estimate of drug-likeness (QED) is 0.111. The summed E-state index contributed by atoms with van der Waals surface area (Å²) in [6, 6.07) is 14.6. The smallest absolute Gasteiger partial charge is 0.407 e. The Kier molecular flexibility index (Phi) is 25.5. The molecule has 0 heterocycles. The van der Waals surface area contributed by atoms with Gasteiger partial charge in [-0.25, -0.2) is 9.59 Å². The number of ether oxygens (including phenoxy) is 1. The number of unbranched alkanes of at least 4 members (excludes halogenated alkanes) is 12. The first-order valence-electron chi connectivity index (χ1n) is 17.8. The summed E-state index contributed by atoms with van der Waals surface area (Å²) >= 11 is 0.898. The number of nitrogens with one attached hydrogen (secondary N) is 3. The fourth-order valence-electron chi connectivity index (χ4n) is 6.00. The number of carboxylic acid groups (broad SMARTS) is 1. The van der Waals surface area contributed by atoms with E-state index in [2.05, 4.69) is 22.9 Å². The number of amides is 3. The predicted octanol–water partition coefficient (Wildman–Crippen LogP) is 4.48. The van der Waals surface area contributed by atoms with Crippen molar-refractivity contribution in [1.82, 2.24) is 16.0 Å². The summed E-state index contributed by atoms with van der Waals surface area (Å²) in [4.78, 5) is 60.8. The van der Waals surface area contributed by atoms with Gasteiger partial charge in [-0.1, -0.05) is 144 Å². The van der Waals surface area contributed by atoms with Gasteiger partial charge in [-0.15, -0.1) is 0 Å². The molecule has 0 aromatic heterocycles. The van der Waals surface area contributed by atoms with Crippen LogP contribution in [0.15, 0.2) is 48.5 Å². The van der Waals surface area contributed by atoms with Gasteiger partial charge in [-0.05, 0) is 28.7 Å². The van der Waals surface area contributed by atoms with Crippen LogP contribution in [0.1, 0.15) is 114 Å². The molecule has 13 nitrogen and oxygen atoms in total. The number of rotatable bonds is 24. The molecule has 3 amide bonds. The summed E-state index contributed by atoms with van der Waals surface area (Å²) in [6.07, 6.45) is 15.4. The zero-order valence-corrected chi connectivity index (χ0v) is 31.1. The van der Waals surface area contributed by atoms with E-state index < -0.39 is 43.0 Å². The molecule has 0 spiro atoms. The van der Waals surface area contributed by atoms with E-state index in [9.17, 15) is 29.1 Å². The SMILES string of the molecule is CCCCCCCCCCCCCCCC(=O)SCC(NC(=O)CNC(=O)CNC(=O)OCC1c2ccccc2-c2ccccc21)C(=O)O.O.O.O. The lowest BCUT2D eigenvalue weighted by atomic mass is 9.98. The monoisotopic (exact) mass is 749 g/mol. The number of hydrogen-bond acceptors (Lipinski definition) is 7. The van der Waals surface area contributed by atoms with Crippen LogP contribution < -0.4 is 16.0 Å². The highest BCUT2D eigenvalue weighted by Gasteiger charge is 2.29. The zero-order chi connectivity index (χ0) is 35.3. The van der Waals surface area contributed by atoms with Crippen molar-refractivity contribution in [2.75, 3.05) is 25.4 Å². The molecule has 2 aromatic rings. The van der Waals surface area contributed by atoms with Gasteiger partial charge in [-0.3, -0.25) is 14.4 Å². The molecule has 0 saturated heterocycles. The number of carboxylic acids is 1. The van der Waals surface area contributed by atoms with Gasteiger partial charge in [0.15, 0.2) is 5.12 Å². The molecule has 2 aromatic carbocycles. The zero-order valence-electron chi connectivity index (χ0n) is 30.3. The Morgan fingerprint density at radius 3 is 1.69 bits per heavy atom. The highest BCUT2D eigenvalue weighted by Crippen LogP contribution is 2.44. The molecule has 14 heteroatoms. The first kappa shape index (κ1) is 48.0. The topological polar surface area (TPSA) is 245 Å². The van der Waals surface area contributed by atoms with E-state index in [-0.39, 0.29) is 39.8 Å². The minimum absolute atomic E-state index is 0. The molecular weight excluding hydrogens is 690 g/mol. The summed E-state index contributed by atoms with van der Waals surface area (Å²) in [5.41, 5.74) is 4.34. The van der Waals surface area contributed by atoms with E-state index in [1.807, 2.05) is 48.5 Å². The van der Waals surface area contributed by atoms with Gasteiger partial charge in [-0.2, -0.15) is 0 Å². The normalized spacial score (nSPS) is 11.7. The van der Waals surface area contributed by atoms with Crippen LogP contribution in [0.5, 0.6) is 0 Å². The number of aliphatic carboxylic acids is 1. The summed E-state index contributed by atoms with van der Waals surface area (Å²) in [6.45, 7) is 1.43. The largest absolute Gasteiger partial charge is 0.480 e. The minimum atomic E-state index is -1.27. The van der Waals surface area contributed by atoms with Gasteiger partial charge in [0.1, 0.15) is 19.2 Å². The first-order chi connectivity index (χ1) is 23.8. The second-order valence-corrected chi connectivity index (χ2v) is 13.7. The molecule has 1 aliphatic rings. The third-order valence-electron chi connectivity index (χ3n) is 8.71. The highest BCUT2D eigenvalue weighted by atomic mass is 32.2. The molecule has 0 radical (unpaired) electrons. The van der Waals surface area contributed by atoms with Crippen molar-refractivity contribution in [3.63, 3.8) is 0 Å². The van der Waals surface area contributed by atoms with E-state index in [0.717, 1.165) is 53.3 Å². The number of fused-ring (bicyclic) bond motifs is 3. The number of benzene rings is 2. The molecule has 1 aliphatic carbocycles. The first-order valence-corrected chi connectivity index (χ1v) is 18.8. The molecule has 292 valence electrons. The number of hydrogen-bond donors (Lipinski definition) is 4. The minimum Gasteiger partial charge on any atom is -0.480 e. The third-order valence-corrected chi connectivity index (χ3v) is 9.74. The number of carbonyl (C=O) groups is 5. The molecule has 1 unspecified atom stereocenters. The average Bonchev–Trinajstić information content (AvgIpc) is 3.42. The van der Waals surface area contributed by atoms with Crippen molar-refractivity contribution >= 4 is 40.8 Å². The van der Waals surface area contributed by atoms with Crippen molar-refractivity contribution in [2.45, 2.75) is 109 Å². The van der Waals surface area contributed by atoms with E-state index in [0.29, 0.717) is 6.42 Å². The Bertz CT molecular complexity index is 1330. The van der Waals surface area contributed by atoms with E-state index in [1.165, 1.54) is 64.2 Å². The van der Waals surface area contributed by atoms with Crippen LogP contribution in [-0.4, -0.2) is 82.0 Å². The summed E-state index contributed by atoms with van der Waals surface area (Å²) in [5.74, 6) is -2.84. The van der Waals surface area contributed by atoms with Gasteiger partial charge in [0.2, 0.25) is 11.8 Å². The Labute approximate surface area is 311 Å². The van der Waals surface area contributed by atoms with Crippen molar-refractivity contribution in [3.8, 4) is 11.1 Å². The third kappa shape index (κ3) is 17.5. The van der Waals surface area contributed by atoms with Crippen molar-refractivity contribution < 1.29 is 50.2 Å². The number of alkyl carbamates (subject to hydrolysis) is 1. The van der Waals surface area contributed by atoms with E-state index >= 15 is 0 Å². The van der Waals surface area contributed by atoms with Crippen molar-refractivity contribution in [2.24, 2.45) is 0 Å². The van der Waals surface area contributed by atoms with Crippen molar-refractivity contribution in [1.29, 1.82) is 0 Å². The van der Waals surface area contributed by atoms with Crippen LogP contribution in [0.2, 0.25) is 0 Å². The van der Waals surface area contributed by atoms with Gasteiger partial charge >= 0.3 is 12.1 Å². The molecule has 0 fully saturated rings. The Morgan fingerprint density at radius 1 is 0.692 bits per heavy atom. The van der Waals surface area contributed by atoms with Crippen LogP contribution in [0.3, 0.4) is 0 Å². The molecule has 1 atom stereocenters. The van der Waals surface area contributed by atoms with E-state index in [1.54, 1.807) is 0 Å². The fourth-order valence-corrected chi connectivity index (χ4v) is 6.87. The van der Waals surface area contributed by atoms with Crippen LogP contribution in [-0.2, 0) is 23.9 Å². The summed E-state index contributed by atoms with van der Waals surface area (Å²) in [5, 5.41) is 16.5. The predicted molar refractivity (Wildman–Crippen MR) is 204 cm³/mol. The number of carbonyl (C=O) groups excluding carboxylic acids is 4. The molecular formula is C38H59N3O10S. The van der Waals surface area contributed by atoms with Gasteiger partial charge in [0.25, 0.3) is 0 Å². The van der Waals surface area contributed by atoms with Crippen molar-refractivity contribution in [3.05, 3.63) is 59.7 Å². The van der Waals surface area contributed by atoms with Crippen LogP contribution in [0.25, 0.3) is 11.1 Å². The molecule has 0 saturated carbocycles. The molecule has 0 bridgehead atoms. The maximum absolute atomic E-state index is 12.3. The summed E-state index contributed by atoms with van der Waals surface area (Å²) < 4.78 is 5.41. The Hall–Kier alpha value is -3.98. The number of thioether (sulfide) groups is 1. The van der Waals surface area contributed by atoms with E-state index in [4.69, 9.17) is 4.74 Å². The lowest BCUT2D eigenvalue weighted by molar-refractivity contribution is -0.141. The fraction of sp³-hybridized carbons (Fsp3) is 0.553. The maximum atomic E-state index is 12.3. The second kappa shape index (κ2) is 27.6. The van der Waals surface area contributed by atoms with Gasteiger partial charge in [0, 0.05) is 18.1 Å². The van der Waals surface area contributed by atoms with Crippen LogP contribution in [0.4, 0.5) is 4.79 Å². The standard InChI is InChI=1S/C38H53N3O7S.3H2O/c1-2-3-4-5-6-7-8-9-10-11-12-13-14-23-36(44)49-27-33(37(45)46)41-35(43)25-39-34(42)24-40-38(47)48-26-32-30-21-17-15-19-28(30)29-20-16-18-22-31(29)32;;;/h15-22,32-33H,2-14,23-27H2,1H3,(H,39,42)(H,40,47)(H,41,43)(H,45,46);3*1H2. The molecule has 3 rings (SSSR count). The van der Waals surface area contributed by atoms with Crippen LogP contribution >= 0.6 is 11.8 Å². The highest BCUT2D eigenvalue weighted by molar-refractivity contribution is 8.13. The van der Waals surface area contributed by atoms with Gasteiger partial charge < -0.3 is 42.2 Å². The van der Waals surface area contributed by atoms with Gasteiger partial charge in [0.05, 0.1) is 6.54 Å².